The number of hydrogen-bond acceptors (Lipinski definition) is 5. The quantitative estimate of drug-likeness (QED) is 0.659. The zero-order valence-electron chi connectivity index (χ0n) is 15.4. The summed E-state index contributed by atoms with van der Waals surface area (Å²) in [5.41, 5.74) is 2.18. The van der Waals surface area contributed by atoms with Crippen LogP contribution in [0.3, 0.4) is 0 Å². The fourth-order valence-corrected chi connectivity index (χ4v) is 3.46. The van der Waals surface area contributed by atoms with Crippen molar-refractivity contribution in [1.29, 1.82) is 0 Å². The lowest BCUT2D eigenvalue weighted by molar-refractivity contribution is -0.117. The van der Waals surface area contributed by atoms with Crippen LogP contribution in [0.5, 0.6) is 0 Å². The minimum Gasteiger partial charge on any atom is -0.378 e. The van der Waals surface area contributed by atoms with Crippen LogP contribution in [0.1, 0.15) is 18.2 Å². The minimum atomic E-state index is -0.446. The van der Waals surface area contributed by atoms with Crippen molar-refractivity contribution in [2.45, 2.75) is 12.3 Å². The highest BCUT2D eigenvalue weighted by molar-refractivity contribution is 6.33. The van der Waals surface area contributed by atoms with Gasteiger partial charge in [-0.3, -0.25) is 4.79 Å². The molecule has 144 valence electrons. The van der Waals surface area contributed by atoms with Gasteiger partial charge in [-0.1, -0.05) is 22.8 Å². The summed E-state index contributed by atoms with van der Waals surface area (Å²) >= 11 is 6.15. The van der Waals surface area contributed by atoms with Crippen molar-refractivity contribution < 1.29 is 13.7 Å². The number of hydrogen-bond donors (Lipinski definition) is 0. The first-order chi connectivity index (χ1) is 13.4. The Labute approximate surface area is 166 Å². The third-order valence-corrected chi connectivity index (χ3v) is 5.06. The molecule has 1 aromatic heterocycles. The number of benzene rings is 2. The molecular formula is C20H18ClFN4O2. The second-order valence-electron chi connectivity index (χ2n) is 6.90. The third kappa shape index (κ3) is 3.45. The topological polar surface area (TPSA) is 62.5 Å². The van der Waals surface area contributed by atoms with Gasteiger partial charge in [-0.25, -0.2) is 4.39 Å². The number of nitrogens with zero attached hydrogens (tertiary/aromatic N) is 4. The van der Waals surface area contributed by atoms with E-state index in [9.17, 15) is 9.18 Å². The van der Waals surface area contributed by atoms with E-state index < -0.39 is 5.82 Å². The van der Waals surface area contributed by atoms with Crippen LogP contribution in [0, 0.1) is 5.82 Å². The van der Waals surface area contributed by atoms with Crippen LogP contribution in [0.2, 0.25) is 5.02 Å². The van der Waals surface area contributed by atoms with Gasteiger partial charge >= 0.3 is 0 Å². The number of aromatic nitrogens is 2. The summed E-state index contributed by atoms with van der Waals surface area (Å²) in [6.45, 7) is 0.318. The van der Waals surface area contributed by atoms with Crippen molar-refractivity contribution in [3.8, 4) is 11.5 Å². The summed E-state index contributed by atoms with van der Waals surface area (Å²) in [6.07, 6.45) is 0.212. The van der Waals surface area contributed by atoms with Crippen molar-refractivity contribution in [3.63, 3.8) is 0 Å². The van der Waals surface area contributed by atoms with Gasteiger partial charge in [-0.15, -0.1) is 0 Å². The SMILES string of the molecule is CN(C)c1cccc(-c2nc(C3CC(=O)N(c4cc(F)ccc4Cl)C3)no2)c1. The molecule has 1 aliphatic rings. The van der Waals surface area contributed by atoms with Crippen molar-refractivity contribution in [1.82, 2.24) is 10.1 Å². The van der Waals surface area contributed by atoms with Crippen LogP contribution in [0.15, 0.2) is 47.0 Å². The minimum absolute atomic E-state index is 0.154. The van der Waals surface area contributed by atoms with E-state index >= 15 is 0 Å². The van der Waals surface area contributed by atoms with Crippen LogP contribution in [0.4, 0.5) is 15.8 Å². The first-order valence-corrected chi connectivity index (χ1v) is 9.17. The molecule has 1 amide bonds. The first-order valence-electron chi connectivity index (χ1n) is 8.79. The molecule has 4 rings (SSSR count). The van der Waals surface area contributed by atoms with Crippen LogP contribution < -0.4 is 9.80 Å². The van der Waals surface area contributed by atoms with Crippen LogP contribution in [-0.4, -0.2) is 36.7 Å². The highest BCUT2D eigenvalue weighted by Crippen LogP contribution is 2.35. The van der Waals surface area contributed by atoms with Gasteiger partial charge in [0.1, 0.15) is 5.82 Å². The average molecular weight is 401 g/mol. The molecule has 0 radical (unpaired) electrons. The Hall–Kier alpha value is -2.93. The van der Waals surface area contributed by atoms with Gasteiger partial charge in [0, 0.05) is 44.2 Å². The molecule has 1 unspecified atom stereocenters. The van der Waals surface area contributed by atoms with E-state index in [1.54, 1.807) is 0 Å². The predicted molar refractivity (Wildman–Crippen MR) is 105 cm³/mol. The highest BCUT2D eigenvalue weighted by atomic mass is 35.5. The normalized spacial score (nSPS) is 16.6. The van der Waals surface area contributed by atoms with E-state index in [1.165, 1.54) is 23.1 Å². The lowest BCUT2D eigenvalue weighted by atomic mass is 10.1. The number of carbonyl (C=O) groups is 1. The largest absolute Gasteiger partial charge is 0.378 e. The van der Waals surface area contributed by atoms with Gasteiger partial charge in [-0.05, 0) is 36.4 Å². The number of carbonyl (C=O) groups excluding carboxylic acids is 1. The zero-order chi connectivity index (χ0) is 19.8. The first kappa shape index (κ1) is 18.4. The molecule has 1 saturated heterocycles. The van der Waals surface area contributed by atoms with Gasteiger partial charge in [-0.2, -0.15) is 4.98 Å². The van der Waals surface area contributed by atoms with Crippen molar-refractivity contribution in [3.05, 3.63) is 59.1 Å². The molecule has 1 aliphatic heterocycles. The second kappa shape index (κ2) is 7.24. The molecule has 28 heavy (non-hydrogen) atoms. The van der Waals surface area contributed by atoms with Crippen molar-refractivity contribution in [2.24, 2.45) is 0 Å². The van der Waals surface area contributed by atoms with Gasteiger partial charge in [0.05, 0.1) is 10.7 Å². The second-order valence-corrected chi connectivity index (χ2v) is 7.31. The lowest BCUT2D eigenvalue weighted by Crippen LogP contribution is -2.24. The molecule has 1 atom stereocenters. The Bertz CT molecular complexity index is 1040. The van der Waals surface area contributed by atoms with Gasteiger partial charge in [0.25, 0.3) is 5.89 Å². The maximum atomic E-state index is 13.6. The van der Waals surface area contributed by atoms with Crippen molar-refractivity contribution in [2.75, 3.05) is 30.4 Å². The fourth-order valence-electron chi connectivity index (χ4n) is 3.24. The van der Waals surface area contributed by atoms with Crippen LogP contribution in [-0.2, 0) is 4.79 Å². The van der Waals surface area contributed by atoms with E-state index in [4.69, 9.17) is 16.1 Å². The van der Waals surface area contributed by atoms with E-state index in [0.717, 1.165) is 11.3 Å². The number of amides is 1. The van der Waals surface area contributed by atoms with E-state index in [1.807, 2.05) is 43.3 Å². The Balaban J connectivity index is 1.57. The zero-order valence-corrected chi connectivity index (χ0v) is 16.2. The average Bonchev–Trinajstić information content (AvgIpc) is 3.31. The summed E-state index contributed by atoms with van der Waals surface area (Å²) in [5, 5.41) is 4.39. The van der Waals surface area contributed by atoms with Gasteiger partial charge in [0.2, 0.25) is 5.91 Å². The summed E-state index contributed by atoms with van der Waals surface area (Å²) in [5.74, 6) is 0.000102. The van der Waals surface area contributed by atoms with E-state index in [-0.39, 0.29) is 18.2 Å². The highest BCUT2D eigenvalue weighted by Gasteiger charge is 2.35. The maximum Gasteiger partial charge on any atom is 0.258 e. The number of halogens is 2. The number of rotatable bonds is 4. The summed E-state index contributed by atoms with van der Waals surface area (Å²) in [6, 6.07) is 11.7. The fraction of sp³-hybridized carbons (Fsp3) is 0.250. The van der Waals surface area contributed by atoms with Gasteiger partial charge in [0.15, 0.2) is 5.82 Å². The molecule has 0 bridgehead atoms. The number of anilines is 2. The van der Waals surface area contributed by atoms with E-state index in [0.29, 0.717) is 29.0 Å². The Morgan fingerprint density at radius 3 is 2.86 bits per heavy atom. The molecule has 2 aromatic carbocycles. The molecule has 3 aromatic rings. The smallest absolute Gasteiger partial charge is 0.258 e. The molecule has 0 N–H and O–H groups in total. The monoisotopic (exact) mass is 400 g/mol. The molecule has 2 heterocycles. The lowest BCUT2D eigenvalue weighted by Gasteiger charge is -2.17. The molecule has 1 fully saturated rings. The Morgan fingerprint density at radius 1 is 1.25 bits per heavy atom. The molecular weight excluding hydrogens is 383 g/mol. The Kier molecular flexibility index (Phi) is 4.77. The molecule has 0 spiro atoms. The van der Waals surface area contributed by atoms with E-state index in [2.05, 4.69) is 10.1 Å². The summed E-state index contributed by atoms with van der Waals surface area (Å²) < 4.78 is 19.0. The molecule has 6 nitrogen and oxygen atoms in total. The van der Waals surface area contributed by atoms with Crippen molar-refractivity contribution >= 4 is 28.9 Å². The van der Waals surface area contributed by atoms with Crippen LogP contribution >= 0.6 is 11.6 Å². The molecule has 8 heteroatoms. The Morgan fingerprint density at radius 2 is 2.07 bits per heavy atom. The van der Waals surface area contributed by atoms with Crippen LogP contribution in [0.25, 0.3) is 11.5 Å². The third-order valence-electron chi connectivity index (χ3n) is 4.74. The molecule has 0 aliphatic carbocycles. The summed E-state index contributed by atoms with van der Waals surface area (Å²) in [4.78, 5) is 20.4. The summed E-state index contributed by atoms with van der Waals surface area (Å²) in [7, 11) is 3.91. The maximum absolute atomic E-state index is 13.6. The van der Waals surface area contributed by atoms with Gasteiger partial charge < -0.3 is 14.3 Å². The molecule has 0 saturated carbocycles. The standard InChI is InChI=1S/C20H18ClFN4O2/c1-25(2)15-5-3-4-12(8-15)20-23-19(24-28-20)13-9-18(27)26(11-13)17-10-14(22)6-7-16(17)21/h3-8,10,13H,9,11H2,1-2H3. The predicted octanol–water partition coefficient (Wildman–Crippen LogP) is 4.12.